The van der Waals surface area contributed by atoms with Gasteiger partial charge in [0.1, 0.15) is 5.82 Å². The lowest BCUT2D eigenvalue weighted by Gasteiger charge is -2.18. The van der Waals surface area contributed by atoms with Crippen molar-refractivity contribution in [2.24, 2.45) is 0 Å². The van der Waals surface area contributed by atoms with Gasteiger partial charge < -0.3 is 24.2 Å². The highest BCUT2D eigenvalue weighted by Crippen LogP contribution is 2.40. The number of β-amino-alcohol motifs (C(OH)–C–C–N with tert-alkyl or cyclic N) is 1. The number of likely N-dealkylation sites (tertiary alicyclic amines) is 1. The molecule has 0 spiro atoms. The number of urea groups is 1. The Morgan fingerprint density at radius 2 is 2.00 bits per heavy atom. The summed E-state index contributed by atoms with van der Waals surface area (Å²) in [6.07, 6.45) is 1.74. The fraction of sp³-hybridized carbons (Fsp3) is 0.444. The van der Waals surface area contributed by atoms with Gasteiger partial charge in [-0.15, -0.1) is 0 Å². The van der Waals surface area contributed by atoms with Crippen LogP contribution in [0.25, 0.3) is 0 Å². The van der Waals surface area contributed by atoms with E-state index in [1.54, 1.807) is 49.2 Å². The van der Waals surface area contributed by atoms with Gasteiger partial charge >= 0.3 is 6.03 Å². The molecule has 9 heteroatoms. The second-order valence-electron chi connectivity index (χ2n) is 6.19. The van der Waals surface area contributed by atoms with Gasteiger partial charge in [0.15, 0.2) is 11.5 Å². The fourth-order valence-corrected chi connectivity index (χ4v) is 3.13. The lowest BCUT2D eigenvalue weighted by Crippen LogP contribution is -2.34. The minimum absolute atomic E-state index is 0.257. The van der Waals surface area contributed by atoms with Crippen molar-refractivity contribution in [3.05, 3.63) is 30.0 Å². The standard InChI is InChI=1S/C18H24N4O5/c1-25-14-5-4-12(16(26-2)17(14)27-3)10-22-15(6-8-19-22)20-18(24)21-9-7-13(23)11-21/h4-6,8,13,23H,7,9-11H2,1-3H3,(H,20,24)/t13-/m1/s1. The number of nitrogens with zero attached hydrogens (tertiary/aromatic N) is 3. The van der Waals surface area contributed by atoms with Crippen LogP contribution in [0, 0.1) is 0 Å². The highest BCUT2D eigenvalue weighted by atomic mass is 16.5. The van der Waals surface area contributed by atoms with Gasteiger partial charge in [-0.3, -0.25) is 5.32 Å². The SMILES string of the molecule is COc1ccc(Cn2nccc2NC(=O)N2CC[C@@H](O)C2)c(OC)c1OC. The molecule has 0 bridgehead atoms. The van der Waals surface area contributed by atoms with Crippen LogP contribution in [-0.4, -0.2) is 66.3 Å². The fourth-order valence-electron chi connectivity index (χ4n) is 3.13. The molecule has 1 aliphatic rings. The van der Waals surface area contributed by atoms with Gasteiger partial charge in [0.05, 0.1) is 40.2 Å². The molecule has 2 aromatic rings. The van der Waals surface area contributed by atoms with Crippen LogP contribution in [0.2, 0.25) is 0 Å². The van der Waals surface area contributed by atoms with Gasteiger partial charge in [-0.2, -0.15) is 5.10 Å². The normalized spacial score (nSPS) is 16.3. The Kier molecular flexibility index (Phi) is 5.70. The average molecular weight is 376 g/mol. The second kappa shape index (κ2) is 8.17. The molecule has 0 aliphatic carbocycles. The Morgan fingerprint density at radius 1 is 1.22 bits per heavy atom. The van der Waals surface area contributed by atoms with Crippen LogP contribution in [0.3, 0.4) is 0 Å². The molecule has 1 aliphatic heterocycles. The van der Waals surface area contributed by atoms with Crippen molar-refractivity contribution in [1.82, 2.24) is 14.7 Å². The number of hydrogen-bond donors (Lipinski definition) is 2. The van der Waals surface area contributed by atoms with E-state index in [4.69, 9.17) is 14.2 Å². The van der Waals surface area contributed by atoms with E-state index in [1.165, 1.54) is 0 Å². The van der Waals surface area contributed by atoms with Crippen LogP contribution < -0.4 is 19.5 Å². The molecule has 3 rings (SSSR count). The minimum atomic E-state index is -0.461. The average Bonchev–Trinajstić information content (AvgIpc) is 3.30. The first kappa shape index (κ1) is 18.8. The maximum Gasteiger partial charge on any atom is 0.323 e. The number of aliphatic hydroxyl groups excluding tert-OH is 1. The largest absolute Gasteiger partial charge is 0.493 e. The van der Waals surface area contributed by atoms with E-state index in [9.17, 15) is 9.90 Å². The Morgan fingerprint density at radius 3 is 2.63 bits per heavy atom. The van der Waals surface area contributed by atoms with Gasteiger partial charge in [-0.25, -0.2) is 9.48 Å². The number of aromatic nitrogens is 2. The number of amides is 2. The second-order valence-corrected chi connectivity index (χ2v) is 6.19. The minimum Gasteiger partial charge on any atom is -0.493 e. The molecule has 146 valence electrons. The summed E-state index contributed by atoms with van der Waals surface area (Å²) < 4.78 is 17.9. The summed E-state index contributed by atoms with van der Waals surface area (Å²) in [5, 5.41) is 16.7. The van der Waals surface area contributed by atoms with Crippen molar-refractivity contribution in [1.29, 1.82) is 0 Å². The molecule has 1 atom stereocenters. The summed E-state index contributed by atoms with van der Waals surface area (Å²) >= 11 is 0. The molecule has 2 amide bonds. The molecule has 1 fully saturated rings. The van der Waals surface area contributed by atoms with Crippen molar-refractivity contribution in [2.75, 3.05) is 39.7 Å². The molecule has 2 N–H and O–H groups in total. The lowest BCUT2D eigenvalue weighted by molar-refractivity contribution is 0.176. The molecule has 9 nitrogen and oxygen atoms in total. The molecular formula is C18H24N4O5. The van der Waals surface area contributed by atoms with Gasteiger partial charge in [0, 0.05) is 24.7 Å². The van der Waals surface area contributed by atoms with Crippen LogP contribution in [-0.2, 0) is 6.54 Å². The first-order chi connectivity index (χ1) is 13.1. The number of rotatable bonds is 6. The molecule has 0 unspecified atom stereocenters. The van der Waals surface area contributed by atoms with Crippen molar-refractivity contribution < 1.29 is 24.1 Å². The maximum atomic E-state index is 12.4. The van der Waals surface area contributed by atoms with Crippen LogP contribution in [0.5, 0.6) is 17.2 Å². The zero-order chi connectivity index (χ0) is 19.4. The van der Waals surface area contributed by atoms with Crippen molar-refractivity contribution in [3.8, 4) is 17.2 Å². The summed E-state index contributed by atoms with van der Waals surface area (Å²) in [6, 6.07) is 5.12. The van der Waals surface area contributed by atoms with Crippen LogP contribution >= 0.6 is 0 Å². The topological polar surface area (TPSA) is 98.1 Å². The van der Waals surface area contributed by atoms with Crippen molar-refractivity contribution >= 4 is 11.8 Å². The van der Waals surface area contributed by atoms with Crippen LogP contribution in [0.4, 0.5) is 10.6 Å². The van der Waals surface area contributed by atoms with Gasteiger partial charge in [0.2, 0.25) is 5.75 Å². The number of nitrogens with one attached hydrogen (secondary N) is 1. The highest BCUT2D eigenvalue weighted by Gasteiger charge is 2.25. The smallest absolute Gasteiger partial charge is 0.323 e. The van der Waals surface area contributed by atoms with Gasteiger partial charge in [-0.1, -0.05) is 0 Å². The lowest BCUT2D eigenvalue weighted by atomic mass is 10.1. The van der Waals surface area contributed by atoms with E-state index in [0.29, 0.717) is 49.1 Å². The molecule has 0 saturated carbocycles. The summed E-state index contributed by atoms with van der Waals surface area (Å²) in [6.45, 7) is 1.24. The number of hydrogen-bond acceptors (Lipinski definition) is 6. The van der Waals surface area contributed by atoms with E-state index in [2.05, 4.69) is 10.4 Å². The molecule has 1 aromatic heterocycles. The third-order valence-electron chi connectivity index (χ3n) is 4.51. The number of carbonyl (C=O) groups is 1. The van der Waals surface area contributed by atoms with E-state index in [-0.39, 0.29) is 6.03 Å². The number of carbonyl (C=O) groups excluding carboxylic acids is 1. The first-order valence-corrected chi connectivity index (χ1v) is 8.61. The maximum absolute atomic E-state index is 12.4. The summed E-state index contributed by atoms with van der Waals surface area (Å²) in [5.74, 6) is 2.17. The molecule has 2 heterocycles. The monoisotopic (exact) mass is 376 g/mol. The number of aliphatic hydroxyl groups is 1. The highest BCUT2D eigenvalue weighted by molar-refractivity contribution is 5.88. The van der Waals surface area contributed by atoms with Crippen molar-refractivity contribution in [3.63, 3.8) is 0 Å². The third kappa shape index (κ3) is 3.92. The number of anilines is 1. The summed E-state index contributed by atoms with van der Waals surface area (Å²) in [5.41, 5.74) is 0.825. The predicted octanol–water partition coefficient (Wildman–Crippen LogP) is 1.56. The van der Waals surface area contributed by atoms with Gasteiger partial charge in [0.25, 0.3) is 0 Å². The quantitative estimate of drug-likeness (QED) is 0.794. The molecule has 1 aromatic carbocycles. The number of ether oxygens (including phenoxy) is 3. The predicted molar refractivity (Wildman–Crippen MR) is 98.6 cm³/mol. The Labute approximate surface area is 157 Å². The van der Waals surface area contributed by atoms with Crippen molar-refractivity contribution in [2.45, 2.75) is 19.1 Å². The van der Waals surface area contributed by atoms with Crippen LogP contribution in [0.15, 0.2) is 24.4 Å². The zero-order valence-electron chi connectivity index (χ0n) is 15.6. The molecule has 0 radical (unpaired) electrons. The van der Waals surface area contributed by atoms with Gasteiger partial charge in [-0.05, 0) is 18.6 Å². The van der Waals surface area contributed by atoms with Crippen LogP contribution in [0.1, 0.15) is 12.0 Å². The first-order valence-electron chi connectivity index (χ1n) is 8.61. The molecular weight excluding hydrogens is 352 g/mol. The number of methoxy groups -OCH3 is 3. The number of benzene rings is 1. The summed E-state index contributed by atoms with van der Waals surface area (Å²) in [4.78, 5) is 14.0. The zero-order valence-corrected chi connectivity index (χ0v) is 15.6. The van der Waals surface area contributed by atoms with E-state index < -0.39 is 6.10 Å². The van der Waals surface area contributed by atoms with E-state index in [0.717, 1.165) is 5.56 Å². The van der Waals surface area contributed by atoms with E-state index in [1.807, 2.05) is 6.07 Å². The Balaban J connectivity index is 1.80. The third-order valence-corrected chi connectivity index (χ3v) is 4.51. The molecule has 1 saturated heterocycles. The Bertz CT molecular complexity index is 807. The Hall–Kier alpha value is -2.94. The van der Waals surface area contributed by atoms with E-state index >= 15 is 0 Å². The summed E-state index contributed by atoms with van der Waals surface area (Å²) in [7, 11) is 4.67. The molecule has 27 heavy (non-hydrogen) atoms.